The van der Waals surface area contributed by atoms with Crippen LogP contribution >= 0.6 is 12.4 Å². The van der Waals surface area contributed by atoms with Gasteiger partial charge in [0.25, 0.3) is 11.5 Å². The lowest BCUT2D eigenvalue weighted by Gasteiger charge is -2.16. The number of nitrogens with one attached hydrogen (secondary N) is 3. The Hall–Kier alpha value is -2.20. The van der Waals surface area contributed by atoms with Gasteiger partial charge in [0, 0.05) is 24.5 Å². The van der Waals surface area contributed by atoms with Gasteiger partial charge in [0.15, 0.2) is 0 Å². The van der Waals surface area contributed by atoms with E-state index in [-0.39, 0.29) is 41.6 Å². The largest absolute Gasteiger partial charge is 0.329 e. The summed E-state index contributed by atoms with van der Waals surface area (Å²) in [4.78, 5) is 27.6. The van der Waals surface area contributed by atoms with Crippen LogP contribution in [-0.4, -0.2) is 32.4 Å². The molecule has 1 aromatic carbocycles. The van der Waals surface area contributed by atoms with Crippen LogP contribution in [0.1, 0.15) is 34.5 Å². The molecular formula is C18H23ClN4O4S. The smallest absolute Gasteiger partial charge is 0.261 e. The molecule has 0 saturated carbocycles. The van der Waals surface area contributed by atoms with Crippen molar-refractivity contribution in [1.82, 2.24) is 9.71 Å². The fourth-order valence-corrected chi connectivity index (χ4v) is 4.15. The summed E-state index contributed by atoms with van der Waals surface area (Å²) in [5, 5.41) is 2.60. The SMILES string of the molecule is Cl.NCCNS(=O)(=O)c1cccc(NC(=O)c2cc3c([nH]c2=O)CCCC3)c1. The number of fused-ring (bicyclic) bond motifs is 1. The molecule has 1 amide bonds. The van der Waals surface area contributed by atoms with Gasteiger partial charge in [0.05, 0.1) is 4.90 Å². The van der Waals surface area contributed by atoms with Crippen LogP contribution in [0, 0.1) is 0 Å². The molecule has 0 radical (unpaired) electrons. The maximum atomic E-state index is 12.5. The highest BCUT2D eigenvalue weighted by atomic mass is 35.5. The van der Waals surface area contributed by atoms with Gasteiger partial charge in [-0.25, -0.2) is 13.1 Å². The van der Waals surface area contributed by atoms with Gasteiger partial charge >= 0.3 is 0 Å². The molecule has 0 spiro atoms. The predicted octanol–water partition coefficient (Wildman–Crippen LogP) is 1.16. The summed E-state index contributed by atoms with van der Waals surface area (Å²) in [7, 11) is -3.71. The molecule has 1 aromatic heterocycles. The Balaban J connectivity index is 0.00000280. The minimum Gasteiger partial charge on any atom is -0.329 e. The van der Waals surface area contributed by atoms with Crippen molar-refractivity contribution in [3.05, 3.63) is 57.5 Å². The van der Waals surface area contributed by atoms with Gasteiger partial charge in [0.2, 0.25) is 10.0 Å². The molecule has 0 aliphatic heterocycles. The number of anilines is 1. The molecule has 2 aromatic rings. The Bertz CT molecular complexity index is 1020. The third-order valence-corrected chi connectivity index (χ3v) is 5.88. The number of aryl methyl sites for hydroxylation is 2. The number of hydrogen-bond acceptors (Lipinski definition) is 5. The zero-order valence-electron chi connectivity index (χ0n) is 15.2. The zero-order chi connectivity index (χ0) is 19.4. The average molecular weight is 427 g/mol. The first-order valence-electron chi connectivity index (χ1n) is 8.77. The first-order chi connectivity index (χ1) is 12.9. The van der Waals surface area contributed by atoms with Crippen molar-refractivity contribution in [2.75, 3.05) is 18.4 Å². The van der Waals surface area contributed by atoms with Crippen LogP contribution in [0.15, 0.2) is 40.0 Å². The molecule has 0 bridgehead atoms. The quantitative estimate of drug-likeness (QED) is 0.550. The summed E-state index contributed by atoms with van der Waals surface area (Å²) in [6, 6.07) is 7.46. The van der Waals surface area contributed by atoms with E-state index < -0.39 is 21.5 Å². The molecular weight excluding hydrogens is 404 g/mol. The average Bonchev–Trinajstić information content (AvgIpc) is 2.66. The van der Waals surface area contributed by atoms with Crippen LogP contribution in [0.4, 0.5) is 5.69 Å². The van der Waals surface area contributed by atoms with Crippen molar-refractivity contribution in [2.24, 2.45) is 5.73 Å². The van der Waals surface area contributed by atoms with E-state index in [1.807, 2.05) is 0 Å². The third kappa shape index (κ3) is 4.99. The Morgan fingerprint density at radius 1 is 1.18 bits per heavy atom. The number of aromatic nitrogens is 1. The number of pyridine rings is 1. The van der Waals surface area contributed by atoms with Crippen molar-refractivity contribution >= 4 is 34.0 Å². The second-order valence-electron chi connectivity index (χ2n) is 6.39. The number of carbonyl (C=O) groups excluding carboxylic acids is 1. The van der Waals surface area contributed by atoms with Gasteiger partial charge in [-0.2, -0.15) is 0 Å². The van der Waals surface area contributed by atoms with E-state index in [0.717, 1.165) is 36.9 Å². The molecule has 1 aliphatic carbocycles. The zero-order valence-corrected chi connectivity index (χ0v) is 16.8. The molecule has 0 unspecified atom stereocenters. The summed E-state index contributed by atoms with van der Waals surface area (Å²) >= 11 is 0. The number of rotatable bonds is 6. The number of nitrogens with two attached hydrogens (primary N) is 1. The normalized spacial score (nSPS) is 13.3. The van der Waals surface area contributed by atoms with Crippen molar-refractivity contribution in [1.29, 1.82) is 0 Å². The lowest BCUT2D eigenvalue weighted by molar-refractivity contribution is 0.102. The summed E-state index contributed by atoms with van der Waals surface area (Å²) < 4.78 is 26.7. The topological polar surface area (TPSA) is 134 Å². The van der Waals surface area contributed by atoms with Crippen LogP contribution in [0.25, 0.3) is 0 Å². The molecule has 5 N–H and O–H groups in total. The van der Waals surface area contributed by atoms with Crippen molar-refractivity contribution in [3.63, 3.8) is 0 Å². The Morgan fingerprint density at radius 2 is 1.93 bits per heavy atom. The summed E-state index contributed by atoms with van der Waals surface area (Å²) in [5.41, 5.74) is 7.05. The number of H-pyrrole nitrogens is 1. The number of hydrogen-bond donors (Lipinski definition) is 4. The van der Waals surface area contributed by atoms with E-state index in [2.05, 4.69) is 15.0 Å². The number of sulfonamides is 1. The van der Waals surface area contributed by atoms with Gasteiger partial charge < -0.3 is 16.0 Å². The molecule has 152 valence electrons. The van der Waals surface area contributed by atoms with Gasteiger partial charge in [-0.05, 0) is 55.5 Å². The molecule has 1 heterocycles. The molecule has 0 atom stereocenters. The highest BCUT2D eigenvalue weighted by Gasteiger charge is 2.18. The number of amides is 1. The van der Waals surface area contributed by atoms with E-state index in [0.29, 0.717) is 0 Å². The van der Waals surface area contributed by atoms with E-state index in [1.165, 1.54) is 18.2 Å². The van der Waals surface area contributed by atoms with Crippen LogP contribution in [0.2, 0.25) is 0 Å². The van der Waals surface area contributed by atoms with E-state index >= 15 is 0 Å². The maximum Gasteiger partial charge on any atom is 0.261 e. The minimum absolute atomic E-state index is 0. The van der Waals surface area contributed by atoms with E-state index in [9.17, 15) is 18.0 Å². The molecule has 8 nitrogen and oxygen atoms in total. The number of carbonyl (C=O) groups is 1. The van der Waals surface area contributed by atoms with Gasteiger partial charge in [-0.15, -0.1) is 12.4 Å². The highest BCUT2D eigenvalue weighted by Crippen LogP contribution is 2.20. The summed E-state index contributed by atoms with van der Waals surface area (Å²) in [6.45, 7) is 0.292. The first kappa shape index (κ1) is 22.1. The lowest BCUT2D eigenvalue weighted by atomic mass is 9.95. The Labute approximate surface area is 169 Å². The second-order valence-corrected chi connectivity index (χ2v) is 8.16. The standard InChI is InChI=1S/C18H22N4O4S.ClH/c19-8-9-20-27(25,26)14-6-3-5-13(11-14)21-17(23)15-10-12-4-1-2-7-16(12)22-18(15)24;/h3,5-6,10-11,20H,1-2,4,7-9,19H2,(H,21,23)(H,22,24);1H. The maximum absolute atomic E-state index is 12.5. The number of aromatic amines is 1. The molecule has 10 heteroatoms. The molecule has 0 saturated heterocycles. The van der Waals surface area contributed by atoms with Crippen LogP contribution in [0.3, 0.4) is 0 Å². The van der Waals surface area contributed by atoms with Crippen LogP contribution < -0.4 is 21.3 Å². The second kappa shape index (κ2) is 9.33. The van der Waals surface area contributed by atoms with Crippen LogP contribution in [0.5, 0.6) is 0 Å². The molecule has 3 rings (SSSR count). The monoisotopic (exact) mass is 426 g/mol. The molecule has 1 aliphatic rings. The number of benzene rings is 1. The van der Waals surface area contributed by atoms with Gasteiger partial charge in [-0.1, -0.05) is 6.07 Å². The van der Waals surface area contributed by atoms with Crippen molar-refractivity contribution in [3.8, 4) is 0 Å². The Morgan fingerprint density at radius 3 is 2.68 bits per heavy atom. The van der Waals surface area contributed by atoms with Gasteiger partial charge in [-0.3, -0.25) is 9.59 Å². The fourth-order valence-electron chi connectivity index (χ4n) is 3.06. The lowest BCUT2D eigenvalue weighted by Crippen LogP contribution is -2.29. The summed E-state index contributed by atoms with van der Waals surface area (Å²) in [6.07, 6.45) is 3.68. The Kier molecular flexibility index (Phi) is 7.36. The van der Waals surface area contributed by atoms with Crippen molar-refractivity contribution in [2.45, 2.75) is 30.6 Å². The van der Waals surface area contributed by atoms with Crippen molar-refractivity contribution < 1.29 is 13.2 Å². The highest BCUT2D eigenvalue weighted by molar-refractivity contribution is 7.89. The predicted molar refractivity (Wildman–Crippen MR) is 110 cm³/mol. The number of halogens is 1. The fraction of sp³-hybridized carbons (Fsp3) is 0.333. The van der Waals surface area contributed by atoms with E-state index in [4.69, 9.17) is 5.73 Å². The minimum atomic E-state index is -3.71. The molecule has 0 fully saturated rings. The van der Waals surface area contributed by atoms with Gasteiger partial charge in [0.1, 0.15) is 5.56 Å². The molecule has 28 heavy (non-hydrogen) atoms. The van der Waals surface area contributed by atoms with Crippen LogP contribution in [-0.2, 0) is 22.9 Å². The van der Waals surface area contributed by atoms with E-state index in [1.54, 1.807) is 12.1 Å². The third-order valence-electron chi connectivity index (χ3n) is 4.42. The first-order valence-corrected chi connectivity index (χ1v) is 10.3. The summed E-state index contributed by atoms with van der Waals surface area (Å²) in [5.74, 6) is -0.575.